The average molecular weight is 1200 g/mol. The first-order valence-corrected chi connectivity index (χ1v) is 28.8. The summed E-state index contributed by atoms with van der Waals surface area (Å²) >= 11 is 0. The molecule has 1 aliphatic heterocycles. The zero-order chi connectivity index (χ0) is 58.5. The van der Waals surface area contributed by atoms with Crippen LogP contribution in [0.3, 0.4) is 0 Å². The van der Waals surface area contributed by atoms with Crippen LogP contribution in [0.25, 0.3) is 0 Å². The lowest BCUT2D eigenvalue weighted by Gasteiger charge is -2.13. The topological polar surface area (TPSA) is 285 Å². The molecular weight excluding hydrogens is 1090 g/mol. The summed E-state index contributed by atoms with van der Waals surface area (Å²) in [5, 5.41) is 0. The van der Waals surface area contributed by atoms with Gasteiger partial charge in [-0.25, -0.2) is 0 Å². The predicted molar refractivity (Wildman–Crippen MR) is 295 cm³/mol. The van der Waals surface area contributed by atoms with E-state index in [-0.39, 0.29) is 25.0 Å². The number of carbonyl (C=O) groups excluding carboxylic acids is 2. The standard InChI is InChI=1S/C54H104N2O26/c55-3-5-59-7-9-61-11-13-63-15-17-65-19-21-67-23-25-69-27-29-71-31-33-73-35-37-75-39-41-77-43-45-79-47-49-81-51-52-82-50-48-80-46-44-78-42-40-76-38-36-74-34-32-72-30-28-70-26-24-68-22-20-66-18-16-64-14-12-62-10-8-60-6-4-56-53(57)1-2-54(56)58/h1-2H,3-52,55H2. The molecule has 2 N–H and O–H groups in total. The van der Waals surface area contributed by atoms with Crippen LogP contribution < -0.4 is 5.73 Å². The third-order valence-electron chi connectivity index (χ3n) is 10.2. The van der Waals surface area contributed by atoms with E-state index in [1.54, 1.807) is 0 Å². The molecule has 28 nitrogen and oxygen atoms in total. The highest BCUT2D eigenvalue weighted by Crippen LogP contribution is 2.02. The van der Waals surface area contributed by atoms with Crippen LogP contribution in [0.15, 0.2) is 12.2 Å². The summed E-state index contributed by atoms with van der Waals surface area (Å²) in [6.45, 7) is 23.6. The van der Waals surface area contributed by atoms with Gasteiger partial charge in [-0.05, 0) is 0 Å². The number of carbonyl (C=O) groups is 2. The second-order valence-electron chi connectivity index (χ2n) is 16.6. The molecule has 2 amide bonds. The first kappa shape index (κ1) is 77.9. The van der Waals surface area contributed by atoms with Crippen molar-refractivity contribution in [1.29, 1.82) is 0 Å². The van der Waals surface area contributed by atoms with E-state index in [4.69, 9.17) is 119 Å². The molecule has 0 aromatic rings. The molecule has 0 unspecified atom stereocenters. The molecular formula is C54H104N2O26. The van der Waals surface area contributed by atoms with Gasteiger partial charge >= 0.3 is 0 Å². The second-order valence-corrected chi connectivity index (χ2v) is 16.6. The molecule has 0 saturated carbocycles. The van der Waals surface area contributed by atoms with Crippen molar-refractivity contribution in [3.63, 3.8) is 0 Å². The van der Waals surface area contributed by atoms with Crippen LogP contribution in [0.2, 0.25) is 0 Å². The lowest BCUT2D eigenvalue weighted by atomic mass is 10.5. The molecule has 0 radical (unpaired) electrons. The maximum atomic E-state index is 11.4. The number of nitrogens with zero attached hydrogens (tertiary/aromatic N) is 1. The highest BCUT2D eigenvalue weighted by molar-refractivity contribution is 6.12. The average Bonchev–Trinajstić information content (AvgIpc) is 3.89. The van der Waals surface area contributed by atoms with Crippen LogP contribution >= 0.6 is 0 Å². The third-order valence-corrected chi connectivity index (χ3v) is 10.2. The fourth-order valence-corrected chi connectivity index (χ4v) is 6.05. The highest BCUT2D eigenvalue weighted by Gasteiger charge is 2.22. The molecule has 486 valence electrons. The molecule has 0 fully saturated rings. The van der Waals surface area contributed by atoms with Crippen molar-refractivity contribution in [2.45, 2.75) is 0 Å². The van der Waals surface area contributed by atoms with Crippen LogP contribution in [0.5, 0.6) is 0 Å². The van der Waals surface area contributed by atoms with Crippen LogP contribution in [0, 0.1) is 0 Å². The molecule has 0 atom stereocenters. The Morgan fingerprint density at radius 2 is 0.305 bits per heavy atom. The van der Waals surface area contributed by atoms with Gasteiger partial charge in [-0.2, -0.15) is 0 Å². The van der Waals surface area contributed by atoms with Crippen molar-refractivity contribution >= 4 is 11.8 Å². The minimum absolute atomic E-state index is 0.231. The quantitative estimate of drug-likeness (QED) is 0.0580. The number of amides is 2. The Kier molecular flexibility index (Phi) is 66.2. The van der Waals surface area contributed by atoms with Gasteiger partial charge in [-0.1, -0.05) is 0 Å². The smallest absolute Gasteiger partial charge is 0.253 e. The Morgan fingerprint density at radius 1 is 0.195 bits per heavy atom. The summed E-state index contributed by atoms with van der Waals surface area (Å²) in [5.74, 6) is -0.625. The molecule has 0 aromatic heterocycles. The normalized spacial score (nSPS) is 12.6. The molecule has 0 saturated heterocycles. The molecule has 0 aliphatic carbocycles. The van der Waals surface area contributed by atoms with Crippen molar-refractivity contribution in [3.8, 4) is 0 Å². The maximum Gasteiger partial charge on any atom is 0.253 e. The number of hydrogen-bond acceptors (Lipinski definition) is 27. The third kappa shape index (κ3) is 62.4. The lowest BCUT2D eigenvalue weighted by Crippen LogP contribution is -2.33. The van der Waals surface area contributed by atoms with E-state index in [2.05, 4.69) is 0 Å². The molecule has 1 heterocycles. The van der Waals surface area contributed by atoms with Gasteiger partial charge in [0.05, 0.1) is 324 Å². The minimum atomic E-state index is -0.312. The second kappa shape index (κ2) is 69.6. The summed E-state index contributed by atoms with van der Waals surface area (Å²) in [6.07, 6.45) is 2.51. The zero-order valence-corrected chi connectivity index (χ0v) is 49.1. The van der Waals surface area contributed by atoms with E-state index >= 15 is 0 Å². The van der Waals surface area contributed by atoms with Crippen LogP contribution in [0.4, 0.5) is 0 Å². The van der Waals surface area contributed by atoms with Crippen molar-refractivity contribution in [2.75, 3.05) is 330 Å². The molecule has 1 rings (SSSR count). The van der Waals surface area contributed by atoms with Gasteiger partial charge in [-0.15, -0.1) is 0 Å². The molecule has 1 aliphatic rings. The first-order valence-electron chi connectivity index (χ1n) is 28.8. The Bertz CT molecular complexity index is 1290. The zero-order valence-electron chi connectivity index (χ0n) is 49.1. The van der Waals surface area contributed by atoms with Crippen LogP contribution in [-0.2, 0) is 123 Å². The Morgan fingerprint density at radius 3 is 0.427 bits per heavy atom. The van der Waals surface area contributed by atoms with Crippen molar-refractivity contribution < 1.29 is 123 Å². The Labute approximate surface area is 487 Å². The number of nitrogens with two attached hydrogens (primary N) is 1. The summed E-state index contributed by atoms with van der Waals surface area (Å²) in [5.41, 5.74) is 5.35. The predicted octanol–water partition coefficient (Wildman–Crippen LogP) is -0.732. The van der Waals surface area contributed by atoms with Crippen LogP contribution in [0.1, 0.15) is 0 Å². The molecule has 28 heteroatoms. The molecule has 0 aromatic carbocycles. The van der Waals surface area contributed by atoms with Crippen molar-refractivity contribution in [2.24, 2.45) is 5.73 Å². The van der Waals surface area contributed by atoms with E-state index in [0.717, 1.165) is 4.90 Å². The fourth-order valence-electron chi connectivity index (χ4n) is 6.05. The number of imide groups is 1. The summed E-state index contributed by atoms with van der Waals surface area (Å²) in [7, 11) is 0. The van der Waals surface area contributed by atoms with E-state index in [1.807, 2.05) is 0 Å². The van der Waals surface area contributed by atoms with Gasteiger partial charge in [0.2, 0.25) is 0 Å². The number of ether oxygens (including phenoxy) is 24. The van der Waals surface area contributed by atoms with E-state index in [0.29, 0.717) is 317 Å². The Hall–Kier alpha value is -2.12. The van der Waals surface area contributed by atoms with Gasteiger partial charge in [-0.3, -0.25) is 14.5 Å². The summed E-state index contributed by atoms with van der Waals surface area (Å²) < 4.78 is 131. The lowest BCUT2D eigenvalue weighted by molar-refractivity contribution is -0.137. The van der Waals surface area contributed by atoms with Crippen molar-refractivity contribution in [1.82, 2.24) is 4.90 Å². The largest absolute Gasteiger partial charge is 0.378 e. The monoisotopic (exact) mass is 1200 g/mol. The van der Waals surface area contributed by atoms with Gasteiger partial charge in [0.1, 0.15) is 0 Å². The summed E-state index contributed by atoms with van der Waals surface area (Å²) in [6, 6.07) is 0. The number of rotatable bonds is 74. The van der Waals surface area contributed by atoms with Gasteiger partial charge in [0.15, 0.2) is 0 Å². The Balaban J connectivity index is 1.59. The minimum Gasteiger partial charge on any atom is -0.378 e. The van der Waals surface area contributed by atoms with E-state index in [1.165, 1.54) is 12.2 Å². The molecule has 82 heavy (non-hydrogen) atoms. The van der Waals surface area contributed by atoms with E-state index < -0.39 is 0 Å². The summed E-state index contributed by atoms with van der Waals surface area (Å²) in [4.78, 5) is 24.0. The SMILES string of the molecule is NCCOCCOCCOCCOCCOCCOCCOCCOCCOCCOCCOCCOCCOCCOCCOCCOCCOCCOCCOCCOCCOCCOCCOCCOCCN1C(=O)C=CC1=O. The molecule has 0 bridgehead atoms. The van der Waals surface area contributed by atoms with Gasteiger partial charge in [0, 0.05) is 18.7 Å². The van der Waals surface area contributed by atoms with E-state index in [9.17, 15) is 9.59 Å². The van der Waals surface area contributed by atoms with Gasteiger partial charge < -0.3 is 119 Å². The van der Waals surface area contributed by atoms with Gasteiger partial charge in [0.25, 0.3) is 11.8 Å². The number of hydrogen-bond donors (Lipinski definition) is 1. The maximum absolute atomic E-state index is 11.4. The highest BCUT2D eigenvalue weighted by atomic mass is 16.6. The van der Waals surface area contributed by atoms with Crippen LogP contribution in [-0.4, -0.2) is 347 Å². The van der Waals surface area contributed by atoms with Crippen molar-refractivity contribution in [3.05, 3.63) is 12.2 Å². The first-order chi connectivity index (χ1) is 40.8. The fraction of sp³-hybridized carbons (Fsp3) is 0.926. The molecule has 0 spiro atoms.